The van der Waals surface area contributed by atoms with Gasteiger partial charge in [-0.3, -0.25) is 9.89 Å². The van der Waals surface area contributed by atoms with Crippen LogP contribution in [0.15, 0.2) is 30.3 Å². The summed E-state index contributed by atoms with van der Waals surface area (Å²) in [5, 5.41) is 13.6. The Balaban J connectivity index is 0.00000182. The van der Waals surface area contributed by atoms with E-state index in [1.54, 1.807) is 0 Å². The van der Waals surface area contributed by atoms with Crippen LogP contribution in [-0.2, 0) is 13.0 Å². The molecule has 3 heterocycles. The van der Waals surface area contributed by atoms with Gasteiger partial charge in [-0.15, -0.1) is 12.4 Å². The van der Waals surface area contributed by atoms with Crippen LogP contribution in [0.5, 0.6) is 0 Å². The van der Waals surface area contributed by atoms with Crippen LogP contribution in [0, 0.1) is 5.92 Å². The minimum absolute atomic E-state index is 0. The second-order valence-corrected chi connectivity index (χ2v) is 6.60. The van der Waals surface area contributed by atoms with Gasteiger partial charge in [-0.2, -0.15) is 5.10 Å². The molecule has 0 saturated carbocycles. The molecule has 1 saturated heterocycles. The standard InChI is InChI=1S/C18H23N5O.ClH/c24-18(17-15-11-19-8-6-16(15)21-22-17)20-10-13-7-9-23(12-13)14-4-2-1-3-5-14;/h1-5,13,19H,6-12H2,(H,20,24)(H,21,22);1H. The van der Waals surface area contributed by atoms with E-state index in [9.17, 15) is 4.79 Å². The summed E-state index contributed by atoms with van der Waals surface area (Å²) in [7, 11) is 0. The van der Waals surface area contributed by atoms with Gasteiger partial charge in [-0.25, -0.2) is 0 Å². The van der Waals surface area contributed by atoms with Gasteiger partial charge >= 0.3 is 0 Å². The van der Waals surface area contributed by atoms with Crippen molar-refractivity contribution < 1.29 is 4.79 Å². The fraction of sp³-hybridized carbons (Fsp3) is 0.444. The van der Waals surface area contributed by atoms with E-state index in [0.717, 1.165) is 50.3 Å². The molecule has 2 aliphatic heterocycles. The van der Waals surface area contributed by atoms with Crippen LogP contribution >= 0.6 is 12.4 Å². The van der Waals surface area contributed by atoms with E-state index in [0.29, 0.717) is 18.2 Å². The molecule has 1 aromatic carbocycles. The van der Waals surface area contributed by atoms with Crippen LogP contribution < -0.4 is 15.5 Å². The molecule has 6 nitrogen and oxygen atoms in total. The predicted octanol–water partition coefficient (Wildman–Crippen LogP) is 1.73. The number of para-hydroxylation sites is 1. The molecular formula is C18H24ClN5O. The molecule has 2 aliphatic rings. The number of amides is 1. The van der Waals surface area contributed by atoms with E-state index < -0.39 is 0 Å². The van der Waals surface area contributed by atoms with Crippen molar-refractivity contribution in [1.29, 1.82) is 0 Å². The third-order valence-electron chi connectivity index (χ3n) is 4.98. The number of fused-ring (bicyclic) bond motifs is 1. The maximum atomic E-state index is 12.5. The third kappa shape index (κ3) is 3.80. The Morgan fingerprint density at radius 3 is 3.00 bits per heavy atom. The Bertz CT molecular complexity index is 718. The van der Waals surface area contributed by atoms with E-state index in [1.165, 1.54) is 5.69 Å². The number of rotatable bonds is 4. The zero-order chi connectivity index (χ0) is 16.4. The molecule has 7 heteroatoms. The lowest BCUT2D eigenvalue weighted by atomic mass is 10.1. The highest BCUT2D eigenvalue weighted by Crippen LogP contribution is 2.23. The zero-order valence-corrected chi connectivity index (χ0v) is 14.9. The average Bonchev–Trinajstić information content (AvgIpc) is 3.27. The Kier molecular flexibility index (Phi) is 5.60. The van der Waals surface area contributed by atoms with Crippen LogP contribution in [0.1, 0.15) is 28.2 Å². The number of anilines is 1. The zero-order valence-electron chi connectivity index (χ0n) is 14.1. The van der Waals surface area contributed by atoms with Crippen LogP contribution in [0.25, 0.3) is 0 Å². The monoisotopic (exact) mass is 361 g/mol. The Morgan fingerprint density at radius 1 is 1.32 bits per heavy atom. The molecule has 0 bridgehead atoms. The Morgan fingerprint density at radius 2 is 2.16 bits per heavy atom. The summed E-state index contributed by atoms with van der Waals surface area (Å²) >= 11 is 0. The largest absolute Gasteiger partial charge is 0.371 e. The van der Waals surface area contributed by atoms with Crippen LogP contribution in [0.3, 0.4) is 0 Å². The minimum Gasteiger partial charge on any atom is -0.371 e. The molecule has 1 aromatic heterocycles. The summed E-state index contributed by atoms with van der Waals surface area (Å²) in [4.78, 5) is 14.8. The highest BCUT2D eigenvalue weighted by Gasteiger charge is 2.25. The molecule has 4 rings (SSSR count). The van der Waals surface area contributed by atoms with Crippen molar-refractivity contribution >= 4 is 24.0 Å². The number of carbonyl (C=O) groups excluding carboxylic acids is 1. The van der Waals surface area contributed by atoms with Crippen molar-refractivity contribution in [3.63, 3.8) is 0 Å². The van der Waals surface area contributed by atoms with Crippen LogP contribution in [-0.4, -0.2) is 42.3 Å². The first-order chi connectivity index (χ1) is 11.8. The average molecular weight is 362 g/mol. The number of aromatic nitrogens is 2. The van der Waals surface area contributed by atoms with Crippen molar-refractivity contribution in [3.05, 3.63) is 47.3 Å². The normalized spacial score (nSPS) is 19.2. The van der Waals surface area contributed by atoms with E-state index in [-0.39, 0.29) is 18.3 Å². The number of carbonyl (C=O) groups is 1. The first-order valence-electron chi connectivity index (χ1n) is 8.66. The van der Waals surface area contributed by atoms with E-state index in [4.69, 9.17) is 0 Å². The topological polar surface area (TPSA) is 73.0 Å². The van der Waals surface area contributed by atoms with Gasteiger partial charge in [0, 0.05) is 56.1 Å². The maximum Gasteiger partial charge on any atom is 0.272 e. The molecule has 25 heavy (non-hydrogen) atoms. The van der Waals surface area contributed by atoms with Crippen molar-refractivity contribution in [2.75, 3.05) is 31.1 Å². The minimum atomic E-state index is -0.0608. The lowest BCUT2D eigenvalue weighted by Crippen LogP contribution is -2.32. The Hall–Kier alpha value is -2.05. The second-order valence-electron chi connectivity index (χ2n) is 6.60. The Labute approximate surface area is 153 Å². The van der Waals surface area contributed by atoms with Gasteiger partial charge in [-0.05, 0) is 24.5 Å². The van der Waals surface area contributed by atoms with Crippen LogP contribution in [0.4, 0.5) is 5.69 Å². The van der Waals surface area contributed by atoms with E-state index >= 15 is 0 Å². The molecule has 134 valence electrons. The number of hydrogen-bond donors (Lipinski definition) is 3. The predicted molar refractivity (Wildman–Crippen MR) is 100 cm³/mol. The molecular weight excluding hydrogens is 338 g/mol. The maximum absolute atomic E-state index is 12.5. The lowest BCUT2D eigenvalue weighted by Gasteiger charge is -2.18. The van der Waals surface area contributed by atoms with Gasteiger partial charge < -0.3 is 15.5 Å². The highest BCUT2D eigenvalue weighted by atomic mass is 35.5. The molecule has 2 aromatic rings. The van der Waals surface area contributed by atoms with Crippen molar-refractivity contribution in [2.45, 2.75) is 19.4 Å². The smallest absolute Gasteiger partial charge is 0.272 e. The fourth-order valence-electron chi connectivity index (χ4n) is 3.61. The molecule has 0 spiro atoms. The number of H-pyrrole nitrogens is 1. The number of hydrogen-bond acceptors (Lipinski definition) is 4. The fourth-order valence-corrected chi connectivity index (χ4v) is 3.61. The number of nitrogens with zero attached hydrogens (tertiary/aromatic N) is 2. The summed E-state index contributed by atoms with van der Waals surface area (Å²) in [5.74, 6) is 0.427. The summed E-state index contributed by atoms with van der Waals surface area (Å²) in [6.45, 7) is 4.40. The van der Waals surface area contributed by atoms with Gasteiger partial charge in [0.1, 0.15) is 0 Å². The summed E-state index contributed by atoms with van der Waals surface area (Å²) in [6.07, 6.45) is 2.01. The van der Waals surface area contributed by atoms with Gasteiger partial charge in [-0.1, -0.05) is 18.2 Å². The molecule has 1 unspecified atom stereocenters. The van der Waals surface area contributed by atoms with E-state index in [1.807, 2.05) is 6.07 Å². The van der Waals surface area contributed by atoms with E-state index in [2.05, 4.69) is 50.0 Å². The van der Waals surface area contributed by atoms with Gasteiger partial charge in [0.05, 0.1) is 0 Å². The van der Waals surface area contributed by atoms with Gasteiger partial charge in [0.15, 0.2) is 5.69 Å². The van der Waals surface area contributed by atoms with Gasteiger partial charge in [0.25, 0.3) is 5.91 Å². The molecule has 0 aliphatic carbocycles. The molecule has 1 fully saturated rings. The molecule has 3 N–H and O–H groups in total. The SMILES string of the molecule is Cl.O=C(NCC1CCN(c2ccccc2)C1)c1n[nH]c2c1CNCC2. The highest BCUT2D eigenvalue weighted by molar-refractivity contribution is 5.94. The lowest BCUT2D eigenvalue weighted by molar-refractivity contribution is 0.0942. The quantitative estimate of drug-likeness (QED) is 0.775. The van der Waals surface area contributed by atoms with Crippen molar-refractivity contribution in [2.24, 2.45) is 5.92 Å². The summed E-state index contributed by atoms with van der Waals surface area (Å²) in [5.41, 5.74) is 3.93. The first kappa shape index (κ1) is 17.8. The van der Waals surface area contributed by atoms with Crippen molar-refractivity contribution in [1.82, 2.24) is 20.8 Å². The molecule has 1 amide bonds. The van der Waals surface area contributed by atoms with Crippen LogP contribution in [0.2, 0.25) is 0 Å². The summed E-state index contributed by atoms with van der Waals surface area (Å²) < 4.78 is 0. The molecule has 1 atom stereocenters. The second kappa shape index (κ2) is 7.89. The number of aromatic amines is 1. The number of halogens is 1. The first-order valence-corrected chi connectivity index (χ1v) is 8.66. The molecule has 0 radical (unpaired) electrons. The van der Waals surface area contributed by atoms with Crippen molar-refractivity contribution in [3.8, 4) is 0 Å². The summed E-state index contributed by atoms with van der Waals surface area (Å²) in [6, 6.07) is 10.5. The third-order valence-corrected chi connectivity index (χ3v) is 4.98. The number of nitrogens with one attached hydrogen (secondary N) is 3. The number of benzene rings is 1. The van der Waals surface area contributed by atoms with Gasteiger partial charge in [0.2, 0.25) is 0 Å².